The molecule has 1 atom stereocenters. The number of hydrogen-bond acceptors (Lipinski definition) is 3. The Hall–Kier alpha value is -0.330. The van der Waals surface area contributed by atoms with Crippen molar-refractivity contribution in [3.05, 3.63) is 0 Å². The van der Waals surface area contributed by atoms with Crippen LogP contribution in [0.3, 0.4) is 0 Å². The lowest BCUT2D eigenvalue weighted by Crippen LogP contribution is -2.69. The van der Waals surface area contributed by atoms with Crippen molar-refractivity contribution >= 4 is 0 Å². The largest absolute Gasteiger partial charge is 0.411 e. The molecule has 1 fully saturated rings. The number of rotatable bonds is 7. The lowest BCUT2D eigenvalue weighted by molar-refractivity contribution is -0.176. The van der Waals surface area contributed by atoms with E-state index in [1.165, 1.54) is 0 Å². The molecule has 1 aliphatic rings. The number of alkyl halides is 3. The number of ether oxygens (including phenoxy) is 1. The van der Waals surface area contributed by atoms with Crippen molar-refractivity contribution < 1.29 is 17.9 Å². The Balaban J connectivity index is 2.60. The summed E-state index contributed by atoms with van der Waals surface area (Å²) in [4.78, 5) is 2.30. The van der Waals surface area contributed by atoms with Crippen LogP contribution in [0.2, 0.25) is 0 Å². The highest BCUT2D eigenvalue weighted by Gasteiger charge is 2.42. The molecule has 1 unspecified atom stereocenters. The first kappa shape index (κ1) is 18.7. The molecule has 1 aliphatic heterocycles. The maximum Gasteiger partial charge on any atom is 0.411 e. The second kappa shape index (κ2) is 7.29. The molecule has 0 saturated carbocycles. The first-order valence-electron chi connectivity index (χ1n) is 7.85. The highest BCUT2D eigenvalue weighted by molar-refractivity contribution is 5.02. The minimum Gasteiger partial charge on any atom is -0.371 e. The van der Waals surface area contributed by atoms with Gasteiger partial charge in [-0.05, 0) is 26.2 Å². The molecule has 0 bridgehead atoms. The van der Waals surface area contributed by atoms with Gasteiger partial charge in [0.25, 0.3) is 0 Å². The molecule has 1 N–H and O–H groups in total. The van der Waals surface area contributed by atoms with Crippen molar-refractivity contribution in [2.45, 2.75) is 64.2 Å². The van der Waals surface area contributed by atoms with Gasteiger partial charge in [0.15, 0.2) is 0 Å². The summed E-state index contributed by atoms with van der Waals surface area (Å²) < 4.78 is 41.2. The third-order valence-electron chi connectivity index (χ3n) is 4.99. The molecular formula is C15H29F3N2O. The molecule has 0 spiro atoms. The summed E-state index contributed by atoms with van der Waals surface area (Å²) in [5.41, 5.74) is 0.0497. The molecule has 0 aromatic heterocycles. The second-order valence-electron chi connectivity index (χ2n) is 6.28. The van der Waals surface area contributed by atoms with Crippen molar-refractivity contribution in [2.75, 3.05) is 32.8 Å². The molecule has 1 heterocycles. The lowest BCUT2D eigenvalue weighted by Gasteiger charge is -2.53. The van der Waals surface area contributed by atoms with Crippen LogP contribution in [-0.4, -0.2) is 55.0 Å². The van der Waals surface area contributed by atoms with Gasteiger partial charge in [-0.3, -0.25) is 4.90 Å². The average Bonchev–Trinajstić information content (AvgIpc) is 2.44. The number of nitrogens with one attached hydrogen (secondary N) is 1. The van der Waals surface area contributed by atoms with E-state index >= 15 is 0 Å². The molecule has 0 amide bonds. The molecule has 0 aromatic carbocycles. The van der Waals surface area contributed by atoms with Crippen molar-refractivity contribution in [1.82, 2.24) is 10.2 Å². The summed E-state index contributed by atoms with van der Waals surface area (Å²) in [5.74, 6) is 0. The lowest BCUT2D eigenvalue weighted by atomic mass is 9.83. The van der Waals surface area contributed by atoms with Gasteiger partial charge in [-0.1, -0.05) is 20.8 Å². The number of halogens is 3. The minimum absolute atomic E-state index is 0.0184. The first-order chi connectivity index (χ1) is 9.70. The summed E-state index contributed by atoms with van der Waals surface area (Å²) in [6, 6.07) is 0. The average molecular weight is 310 g/mol. The van der Waals surface area contributed by atoms with E-state index in [1.54, 1.807) is 0 Å². The maximum atomic E-state index is 12.1. The Morgan fingerprint density at radius 1 is 1.14 bits per heavy atom. The van der Waals surface area contributed by atoms with Gasteiger partial charge in [-0.15, -0.1) is 0 Å². The van der Waals surface area contributed by atoms with Crippen molar-refractivity contribution in [2.24, 2.45) is 0 Å². The van der Waals surface area contributed by atoms with Crippen LogP contribution in [0.25, 0.3) is 0 Å². The zero-order valence-electron chi connectivity index (χ0n) is 13.6. The SMILES string of the molecule is CCC1(CC)CN(CCOCC(F)(F)F)C(C)(CC)CN1. The smallest absolute Gasteiger partial charge is 0.371 e. The topological polar surface area (TPSA) is 24.5 Å². The monoisotopic (exact) mass is 310 g/mol. The van der Waals surface area contributed by atoms with Crippen LogP contribution >= 0.6 is 0 Å². The summed E-state index contributed by atoms with van der Waals surface area (Å²) in [6.45, 7) is 9.84. The maximum absolute atomic E-state index is 12.1. The fourth-order valence-electron chi connectivity index (χ4n) is 2.89. The summed E-state index contributed by atoms with van der Waals surface area (Å²) in [5, 5.41) is 3.66. The zero-order chi connectivity index (χ0) is 16.1. The highest BCUT2D eigenvalue weighted by Crippen LogP contribution is 2.30. The highest BCUT2D eigenvalue weighted by atomic mass is 19.4. The molecule has 1 rings (SSSR count). The van der Waals surface area contributed by atoms with Crippen LogP contribution in [0, 0.1) is 0 Å². The van der Waals surface area contributed by atoms with Gasteiger partial charge in [0.1, 0.15) is 6.61 Å². The van der Waals surface area contributed by atoms with Gasteiger partial charge in [0.05, 0.1) is 6.61 Å². The molecular weight excluding hydrogens is 281 g/mol. The van der Waals surface area contributed by atoms with Gasteiger partial charge in [-0.2, -0.15) is 13.2 Å². The zero-order valence-corrected chi connectivity index (χ0v) is 13.6. The van der Waals surface area contributed by atoms with E-state index in [9.17, 15) is 13.2 Å². The van der Waals surface area contributed by atoms with E-state index < -0.39 is 12.8 Å². The van der Waals surface area contributed by atoms with E-state index in [-0.39, 0.29) is 17.7 Å². The van der Waals surface area contributed by atoms with Crippen LogP contribution in [0.4, 0.5) is 13.2 Å². The molecule has 1 saturated heterocycles. The van der Waals surface area contributed by atoms with Gasteiger partial charge in [0, 0.05) is 30.7 Å². The fraction of sp³-hybridized carbons (Fsp3) is 1.00. The van der Waals surface area contributed by atoms with Crippen LogP contribution < -0.4 is 5.32 Å². The van der Waals surface area contributed by atoms with Crippen LogP contribution in [0.15, 0.2) is 0 Å². The van der Waals surface area contributed by atoms with E-state index in [0.29, 0.717) is 6.54 Å². The van der Waals surface area contributed by atoms with Gasteiger partial charge >= 0.3 is 6.18 Å². The fourth-order valence-corrected chi connectivity index (χ4v) is 2.89. The number of nitrogens with zero attached hydrogens (tertiary/aromatic N) is 1. The second-order valence-corrected chi connectivity index (χ2v) is 6.28. The number of piperazine rings is 1. The summed E-state index contributed by atoms with van der Waals surface area (Å²) >= 11 is 0. The Bertz CT molecular complexity index is 319. The van der Waals surface area contributed by atoms with E-state index in [2.05, 4.69) is 37.9 Å². The van der Waals surface area contributed by atoms with Crippen LogP contribution in [0.5, 0.6) is 0 Å². The third kappa shape index (κ3) is 5.11. The summed E-state index contributed by atoms with van der Waals surface area (Å²) in [6.07, 6.45) is -1.25. The van der Waals surface area contributed by atoms with Gasteiger partial charge in [0.2, 0.25) is 0 Å². The van der Waals surface area contributed by atoms with Gasteiger partial charge < -0.3 is 10.1 Å². The van der Waals surface area contributed by atoms with Crippen LogP contribution in [0.1, 0.15) is 47.0 Å². The molecule has 6 heteroatoms. The molecule has 21 heavy (non-hydrogen) atoms. The standard InChI is InChI=1S/C15H29F3N2O/c1-5-13(4)10-19-14(6-2,7-3)11-20(13)8-9-21-12-15(16,17)18/h19H,5-12H2,1-4H3. The first-order valence-corrected chi connectivity index (χ1v) is 7.85. The Morgan fingerprint density at radius 2 is 1.76 bits per heavy atom. The molecule has 3 nitrogen and oxygen atoms in total. The van der Waals surface area contributed by atoms with E-state index in [1.807, 2.05) is 0 Å². The van der Waals surface area contributed by atoms with E-state index in [0.717, 1.165) is 32.4 Å². The van der Waals surface area contributed by atoms with Crippen LogP contribution in [-0.2, 0) is 4.74 Å². The predicted octanol–water partition coefficient (Wildman–Crippen LogP) is 3.20. The quantitative estimate of drug-likeness (QED) is 0.731. The minimum atomic E-state index is -4.24. The van der Waals surface area contributed by atoms with E-state index in [4.69, 9.17) is 4.74 Å². The summed E-state index contributed by atoms with van der Waals surface area (Å²) in [7, 11) is 0. The number of hydrogen-bond donors (Lipinski definition) is 1. The molecule has 0 radical (unpaired) electrons. The van der Waals surface area contributed by atoms with Gasteiger partial charge in [-0.25, -0.2) is 0 Å². The Labute approximate surface area is 126 Å². The van der Waals surface area contributed by atoms with Crippen molar-refractivity contribution in [1.29, 1.82) is 0 Å². The Morgan fingerprint density at radius 3 is 2.24 bits per heavy atom. The molecule has 126 valence electrons. The van der Waals surface area contributed by atoms with Crippen molar-refractivity contribution in [3.63, 3.8) is 0 Å². The third-order valence-corrected chi connectivity index (χ3v) is 4.99. The molecule has 0 aromatic rings. The predicted molar refractivity (Wildman–Crippen MR) is 78.5 cm³/mol. The normalized spacial score (nSPS) is 27.0. The Kier molecular flexibility index (Phi) is 6.50. The molecule has 0 aliphatic carbocycles. The van der Waals surface area contributed by atoms with Crippen molar-refractivity contribution in [3.8, 4) is 0 Å².